The van der Waals surface area contributed by atoms with E-state index in [2.05, 4.69) is 33.2 Å². The zero-order valence-corrected chi connectivity index (χ0v) is 32.3. The topological polar surface area (TPSA) is 51.8 Å². The molecule has 6 heteroatoms. The third-order valence-corrected chi connectivity index (χ3v) is 8.90. The van der Waals surface area contributed by atoms with Crippen LogP contribution in [0.25, 0.3) is 55.7 Å². The Morgan fingerprint density at radius 2 is 1.00 bits per heavy atom. The van der Waals surface area contributed by atoms with Gasteiger partial charge in [-0.05, 0) is 101 Å². The van der Waals surface area contributed by atoms with Crippen molar-refractivity contribution in [1.29, 1.82) is 0 Å². The van der Waals surface area contributed by atoms with E-state index in [1.807, 2.05) is 0 Å². The molecule has 0 saturated carbocycles. The second kappa shape index (κ2) is 17.4. The summed E-state index contributed by atoms with van der Waals surface area (Å²) >= 11 is 0. The molecule has 0 aliphatic heterocycles. The average molecular weight is 931 g/mol. The first-order valence-corrected chi connectivity index (χ1v) is 17.7. The van der Waals surface area contributed by atoms with E-state index in [0.717, 1.165) is 24.4 Å². The molecule has 9 aromatic rings. The largest absolute Gasteiger partial charge is 3.00 e. The summed E-state index contributed by atoms with van der Waals surface area (Å²) in [6.45, 7) is 0. The number of benzene rings is 5. The van der Waals surface area contributed by atoms with Crippen LogP contribution in [-0.2, 0) is 58.3 Å². The first-order chi connectivity index (χ1) is 32.1. The Morgan fingerprint density at radius 3 is 1.47 bits per heavy atom. The van der Waals surface area contributed by atoms with E-state index in [9.17, 15) is 20.8 Å². The number of hydrogen-bond acceptors (Lipinski definition) is 4. The van der Waals surface area contributed by atoms with Crippen molar-refractivity contribution in [3.05, 3.63) is 209 Å². The first kappa shape index (κ1) is 26.0. The summed E-state index contributed by atoms with van der Waals surface area (Å²) < 4.78 is 132. The first-order valence-electron chi connectivity index (χ1n) is 23.7. The SMILES string of the molecule is [2H]C([2H])(c1ccc(-c2[c-]cccc2)nc1)C([2H])([2H])c1cc(C([2H])([2H])C([2H])([2H])c2ccc(-c3[c-]cccc3)nc2)cc(C([2H])([2H])C([2H])([2H])c2ccc(-c3[c-]ccc4c3oc3cc(F)ccc34)nc2)c1.[Ir+3]. The van der Waals surface area contributed by atoms with Crippen LogP contribution in [0.5, 0.6) is 0 Å². The number of aromatic nitrogens is 3. The second-order valence-corrected chi connectivity index (χ2v) is 12.7. The summed E-state index contributed by atoms with van der Waals surface area (Å²) in [7, 11) is 0. The van der Waals surface area contributed by atoms with Gasteiger partial charge in [-0.1, -0.05) is 65.5 Å². The molecule has 0 aliphatic carbocycles. The summed E-state index contributed by atoms with van der Waals surface area (Å²) in [5, 5.41) is 1.32. The maximum Gasteiger partial charge on any atom is 3.00 e. The summed E-state index contributed by atoms with van der Waals surface area (Å²) in [5.74, 6) is -0.487. The van der Waals surface area contributed by atoms with E-state index < -0.39 is 60.7 Å². The fourth-order valence-electron chi connectivity index (χ4n) is 6.16. The van der Waals surface area contributed by atoms with Gasteiger partial charge in [-0.3, -0.25) is 0 Å². The van der Waals surface area contributed by atoms with Crippen molar-refractivity contribution >= 4 is 21.9 Å². The van der Waals surface area contributed by atoms with Gasteiger partial charge >= 0.3 is 20.1 Å². The van der Waals surface area contributed by atoms with Crippen molar-refractivity contribution in [3.8, 4) is 33.8 Å². The minimum Gasteiger partial charge on any atom is -0.500 e. The van der Waals surface area contributed by atoms with Crippen molar-refractivity contribution in [2.45, 2.75) is 38.2 Å². The van der Waals surface area contributed by atoms with Crippen LogP contribution >= 0.6 is 0 Å². The number of furan rings is 1. The van der Waals surface area contributed by atoms with Crippen molar-refractivity contribution < 1.29 is 45.4 Å². The summed E-state index contributed by atoms with van der Waals surface area (Å²) in [6.07, 6.45) is -14.7. The Morgan fingerprint density at radius 1 is 0.491 bits per heavy atom. The van der Waals surface area contributed by atoms with Gasteiger partial charge < -0.3 is 19.4 Å². The van der Waals surface area contributed by atoms with E-state index in [1.54, 1.807) is 66.7 Å². The second-order valence-electron chi connectivity index (χ2n) is 12.7. The molecule has 0 atom stereocenters. The van der Waals surface area contributed by atoms with Crippen molar-refractivity contribution in [1.82, 2.24) is 15.0 Å². The van der Waals surface area contributed by atoms with Crippen LogP contribution in [0.3, 0.4) is 0 Å². The van der Waals surface area contributed by atoms with Gasteiger partial charge in [0.2, 0.25) is 0 Å². The number of hydrogen-bond donors (Lipinski definition) is 0. The number of rotatable bonds is 12. The predicted molar refractivity (Wildman–Crippen MR) is 221 cm³/mol. The maximum atomic E-state index is 14.1. The van der Waals surface area contributed by atoms with Gasteiger partial charge in [0, 0.05) is 46.5 Å². The summed E-state index contributed by atoms with van der Waals surface area (Å²) in [6, 6.07) is 42.0. The third kappa shape index (κ3) is 8.84. The molecule has 9 rings (SSSR count). The Bertz CT molecular complexity index is 3180. The van der Waals surface area contributed by atoms with Gasteiger partial charge in [0.05, 0.1) is 5.58 Å². The number of nitrogens with zero attached hydrogens (tertiary/aromatic N) is 3. The van der Waals surface area contributed by atoms with E-state index in [4.69, 9.17) is 4.42 Å². The van der Waals surface area contributed by atoms with Gasteiger partial charge in [-0.15, -0.1) is 90.0 Å². The molecule has 0 N–H and O–H groups in total. The molecule has 4 nitrogen and oxygen atoms in total. The maximum absolute atomic E-state index is 14.1. The molecule has 57 heavy (non-hydrogen) atoms. The van der Waals surface area contributed by atoms with Crippen LogP contribution < -0.4 is 0 Å². The molecule has 0 bridgehead atoms. The smallest absolute Gasteiger partial charge is 0.500 e. The van der Waals surface area contributed by atoms with E-state index in [0.29, 0.717) is 50.0 Å². The molecular weight excluding hydrogens is 882 g/mol. The quantitative estimate of drug-likeness (QED) is 0.115. The molecule has 0 aliphatic rings. The van der Waals surface area contributed by atoms with Crippen LogP contribution in [0.4, 0.5) is 4.39 Å². The standard InChI is InChI=1S/C51H37FN3O.Ir/c52-43-23-24-44-45-12-7-13-46(51(45)56-50(44)31-43)49-27-22-37(34-55-49)16-19-40-29-38(17-14-35-20-25-47(53-32-35)41-8-3-1-4-9-41)28-39(30-40)18-15-36-21-26-48(54-33-36)42-10-5-2-6-11-42;/h1-8,10,12,20-34H,14-19H2;/q-3;+3/i14D2,15D2,16D2,17D2,18D2,19D2;. The van der Waals surface area contributed by atoms with E-state index >= 15 is 0 Å². The molecule has 0 fully saturated rings. The van der Waals surface area contributed by atoms with Gasteiger partial charge in [0.15, 0.2) is 0 Å². The normalized spacial score (nSPS) is 15.8. The third-order valence-electron chi connectivity index (χ3n) is 8.90. The number of halogens is 1. The van der Waals surface area contributed by atoms with E-state index in [1.165, 1.54) is 60.9 Å². The Hall–Kier alpha value is -6.07. The number of aryl methyl sites for hydroxylation is 6. The molecule has 4 heterocycles. The molecule has 0 saturated heterocycles. The zero-order valence-electron chi connectivity index (χ0n) is 41.9. The number of fused-ring (bicyclic) bond motifs is 3. The minimum absolute atomic E-state index is 0. The van der Waals surface area contributed by atoms with Crippen molar-refractivity contribution in [2.24, 2.45) is 0 Å². The summed E-state index contributed by atoms with van der Waals surface area (Å²) in [4.78, 5) is 13.2. The molecular formula is C51H37FIrN3O. The molecule has 0 radical (unpaired) electrons. The van der Waals surface area contributed by atoms with Gasteiger partial charge in [-0.25, -0.2) is 4.39 Å². The Balaban J connectivity index is 0.00000642. The molecule has 0 amide bonds. The van der Waals surface area contributed by atoms with E-state index in [-0.39, 0.29) is 42.5 Å². The monoisotopic (exact) mass is 931 g/mol. The van der Waals surface area contributed by atoms with Crippen molar-refractivity contribution in [3.63, 3.8) is 0 Å². The number of pyridine rings is 3. The fraction of sp³-hybridized carbons (Fsp3) is 0.118. The minimum atomic E-state index is -3.13. The van der Waals surface area contributed by atoms with Crippen LogP contribution in [0.2, 0.25) is 0 Å². The Kier molecular flexibility index (Phi) is 7.92. The Labute approximate surface area is 362 Å². The zero-order chi connectivity index (χ0) is 48.4. The average Bonchev–Trinajstić information content (AvgIpc) is 3.72. The van der Waals surface area contributed by atoms with Crippen LogP contribution in [-0.4, -0.2) is 15.0 Å². The molecule has 0 spiro atoms. The fourth-order valence-corrected chi connectivity index (χ4v) is 6.16. The predicted octanol–water partition coefficient (Wildman–Crippen LogP) is 11.7. The molecule has 5 aromatic carbocycles. The van der Waals surface area contributed by atoms with Crippen LogP contribution in [0.1, 0.15) is 49.8 Å². The van der Waals surface area contributed by atoms with Crippen LogP contribution in [0.15, 0.2) is 156 Å². The molecule has 278 valence electrons. The molecule has 0 unspecified atom stereocenters. The summed E-state index contributed by atoms with van der Waals surface area (Å²) in [5.41, 5.74) is 0.938. The van der Waals surface area contributed by atoms with Gasteiger partial charge in [-0.2, -0.15) is 0 Å². The van der Waals surface area contributed by atoms with Gasteiger partial charge in [0.1, 0.15) is 11.4 Å². The van der Waals surface area contributed by atoms with Crippen molar-refractivity contribution in [2.75, 3.05) is 0 Å². The molecule has 4 aromatic heterocycles. The van der Waals surface area contributed by atoms with Crippen LogP contribution in [0, 0.1) is 24.0 Å². The van der Waals surface area contributed by atoms with Gasteiger partial charge in [0.25, 0.3) is 0 Å².